The molecule has 0 radical (unpaired) electrons. The van der Waals surface area contributed by atoms with Gasteiger partial charge >= 0.3 is 0 Å². The van der Waals surface area contributed by atoms with Crippen molar-refractivity contribution in [3.05, 3.63) is 24.3 Å². The number of anilines is 2. The van der Waals surface area contributed by atoms with Gasteiger partial charge in [0.25, 0.3) is 0 Å². The fraction of sp³-hybridized carbons (Fsp3) is 0.571. The smallest absolute Gasteiger partial charge is 0.0602 e. The maximum atomic E-state index is 5.43. The van der Waals surface area contributed by atoms with Gasteiger partial charge in [-0.1, -0.05) is 12.1 Å². The van der Waals surface area contributed by atoms with Crippen molar-refractivity contribution in [1.29, 1.82) is 0 Å². The number of nitrogens with zero attached hydrogens (tertiary/aromatic N) is 1. The fourth-order valence-corrected chi connectivity index (χ4v) is 2.78. The Kier molecular flexibility index (Phi) is 3.18. The molecule has 17 heavy (non-hydrogen) atoms. The standard InChI is InChI=1S/C14H20N2O/c1-2-4-14-13(3-1)15-7-8-16(14)11-12-5-9-17-10-6-12/h1-4,12,15H,5-11H2. The number of benzene rings is 1. The normalized spacial score (nSPS) is 20.8. The molecule has 92 valence electrons. The summed E-state index contributed by atoms with van der Waals surface area (Å²) in [6, 6.07) is 8.62. The highest BCUT2D eigenvalue weighted by atomic mass is 16.5. The van der Waals surface area contributed by atoms with Gasteiger partial charge in [-0.3, -0.25) is 0 Å². The van der Waals surface area contributed by atoms with Crippen molar-refractivity contribution in [3.63, 3.8) is 0 Å². The van der Waals surface area contributed by atoms with E-state index in [4.69, 9.17) is 4.74 Å². The first-order chi connectivity index (χ1) is 8.43. The van der Waals surface area contributed by atoms with Crippen LogP contribution in [0.5, 0.6) is 0 Å². The Hall–Kier alpha value is -1.22. The number of hydrogen-bond donors (Lipinski definition) is 1. The molecule has 0 spiro atoms. The Morgan fingerprint density at radius 3 is 2.94 bits per heavy atom. The van der Waals surface area contributed by atoms with Crippen molar-refractivity contribution in [2.24, 2.45) is 5.92 Å². The molecule has 1 aromatic rings. The molecular weight excluding hydrogens is 212 g/mol. The van der Waals surface area contributed by atoms with Crippen LogP contribution in [0, 0.1) is 5.92 Å². The molecule has 0 amide bonds. The highest BCUT2D eigenvalue weighted by molar-refractivity contribution is 5.71. The summed E-state index contributed by atoms with van der Waals surface area (Å²) in [5, 5.41) is 3.46. The molecule has 1 N–H and O–H groups in total. The summed E-state index contributed by atoms with van der Waals surface area (Å²) in [6.07, 6.45) is 2.43. The van der Waals surface area contributed by atoms with E-state index >= 15 is 0 Å². The lowest BCUT2D eigenvalue weighted by Crippen LogP contribution is -2.38. The van der Waals surface area contributed by atoms with Gasteiger partial charge in [0.2, 0.25) is 0 Å². The highest BCUT2D eigenvalue weighted by Crippen LogP contribution is 2.30. The predicted molar refractivity (Wildman–Crippen MR) is 70.7 cm³/mol. The molecule has 1 aromatic carbocycles. The van der Waals surface area contributed by atoms with Gasteiger partial charge in [-0.2, -0.15) is 0 Å². The lowest BCUT2D eigenvalue weighted by atomic mass is 9.99. The van der Waals surface area contributed by atoms with Crippen molar-refractivity contribution in [1.82, 2.24) is 0 Å². The number of hydrogen-bond acceptors (Lipinski definition) is 3. The van der Waals surface area contributed by atoms with Gasteiger partial charge in [0.15, 0.2) is 0 Å². The molecule has 0 atom stereocenters. The zero-order chi connectivity index (χ0) is 11.5. The Labute approximate surface area is 103 Å². The Morgan fingerprint density at radius 2 is 2.06 bits per heavy atom. The van der Waals surface area contributed by atoms with Crippen LogP contribution in [0.4, 0.5) is 11.4 Å². The Balaban J connectivity index is 1.71. The average molecular weight is 232 g/mol. The highest BCUT2D eigenvalue weighted by Gasteiger charge is 2.21. The van der Waals surface area contributed by atoms with E-state index in [1.54, 1.807) is 0 Å². The van der Waals surface area contributed by atoms with Gasteiger partial charge in [-0.05, 0) is 30.9 Å². The summed E-state index contributed by atoms with van der Waals surface area (Å²) < 4.78 is 5.43. The van der Waals surface area contributed by atoms with Gasteiger partial charge in [0.1, 0.15) is 0 Å². The number of fused-ring (bicyclic) bond motifs is 1. The van der Waals surface area contributed by atoms with Crippen LogP contribution >= 0.6 is 0 Å². The lowest BCUT2D eigenvalue weighted by molar-refractivity contribution is 0.0682. The van der Waals surface area contributed by atoms with Crippen molar-refractivity contribution in [2.75, 3.05) is 43.1 Å². The van der Waals surface area contributed by atoms with Crippen LogP contribution < -0.4 is 10.2 Å². The van der Waals surface area contributed by atoms with E-state index < -0.39 is 0 Å². The first-order valence-corrected chi connectivity index (χ1v) is 6.59. The third-order valence-electron chi connectivity index (χ3n) is 3.76. The number of nitrogens with one attached hydrogen (secondary N) is 1. The van der Waals surface area contributed by atoms with Crippen molar-refractivity contribution >= 4 is 11.4 Å². The Bertz CT molecular complexity index is 374. The van der Waals surface area contributed by atoms with E-state index in [1.807, 2.05) is 0 Å². The molecular formula is C14H20N2O. The fourth-order valence-electron chi connectivity index (χ4n) is 2.78. The summed E-state index contributed by atoms with van der Waals surface area (Å²) in [5.74, 6) is 0.801. The van der Waals surface area contributed by atoms with Crippen LogP contribution in [0.1, 0.15) is 12.8 Å². The molecule has 1 fully saturated rings. The van der Waals surface area contributed by atoms with Crippen molar-refractivity contribution in [2.45, 2.75) is 12.8 Å². The van der Waals surface area contributed by atoms with Gasteiger partial charge in [0, 0.05) is 32.8 Å². The predicted octanol–water partition coefficient (Wildman–Crippen LogP) is 2.35. The molecule has 1 saturated heterocycles. The van der Waals surface area contributed by atoms with E-state index in [-0.39, 0.29) is 0 Å². The number of rotatable bonds is 2. The first kappa shape index (κ1) is 10.9. The zero-order valence-corrected chi connectivity index (χ0v) is 10.2. The molecule has 0 bridgehead atoms. The second kappa shape index (κ2) is 4.96. The van der Waals surface area contributed by atoms with Crippen LogP contribution in [0.25, 0.3) is 0 Å². The minimum atomic E-state index is 0.801. The number of para-hydroxylation sites is 2. The van der Waals surface area contributed by atoms with E-state index in [2.05, 4.69) is 34.5 Å². The van der Waals surface area contributed by atoms with Crippen molar-refractivity contribution < 1.29 is 4.74 Å². The second-order valence-electron chi connectivity index (χ2n) is 4.95. The summed E-state index contributed by atoms with van der Waals surface area (Å²) in [7, 11) is 0. The van der Waals surface area contributed by atoms with Crippen LogP contribution in [0.2, 0.25) is 0 Å². The Morgan fingerprint density at radius 1 is 1.24 bits per heavy atom. The zero-order valence-electron chi connectivity index (χ0n) is 10.2. The molecule has 0 aliphatic carbocycles. The lowest BCUT2D eigenvalue weighted by Gasteiger charge is -2.35. The summed E-state index contributed by atoms with van der Waals surface area (Å²) in [4.78, 5) is 2.53. The van der Waals surface area contributed by atoms with Gasteiger partial charge in [0.05, 0.1) is 11.4 Å². The van der Waals surface area contributed by atoms with E-state index in [0.29, 0.717) is 0 Å². The SMILES string of the molecule is c1ccc2c(c1)NCCN2CC1CCOCC1. The molecule has 2 aliphatic rings. The monoisotopic (exact) mass is 232 g/mol. The van der Waals surface area contributed by atoms with Crippen molar-refractivity contribution in [3.8, 4) is 0 Å². The van der Waals surface area contributed by atoms with E-state index in [0.717, 1.165) is 32.2 Å². The topological polar surface area (TPSA) is 24.5 Å². The second-order valence-corrected chi connectivity index (χ2v) is 4.95. The largest absolute Gasteiger partial charge is 0.382 e. The van der Waals surface area contributed by atoms with Gasteiger partial charge in [-0.15, -0.1) is 0 Å². The third-order valence-corrected chi connectivity index (χ3v) is 3.76. The molecule has 0 saturated carbocycles. The van der Waals surface area contributed by atoms with E-state index in [9.17, 15) is 0 Å². The molecule has 2 aliphatic heterocycles. The minimum Gasteiger partial charge on any atom is -0.382 e. The summed E-state index contributed by atoms with van der Waals surface area (Å²) in [5.41, 5.74) is 2.65. The van der Waals surface area contributed by atoms with Crippen LogP contribution in [-0.4, -0.2) is 32.8 Å². The molecule has 0 unspecified atom stereocenters. The molecule has 3 heteroatoms. The average Bonchev–Trinajstić information content (AvgIpc) is 2.40. The quantitative estimate of drug-likeness (QED) is 0.847. The minimum absolute atomic E-state index is 0.801. The van der Waals surface area contributed by atoms with Crippen LogP contribution in [0.3, 0.4) is 0 Å². The molecule has 2 heterocycles. The number of ether oxygens (including phenoxy) is 1. The third kappa shape index (κ3) is 2.39. The first-order valence-electron chi connectivity index (χ1n) is 6.59. The maximum absolute atomic E-state index is 5.43. The van der Waals surface area contributed by atoms with Gasteiger partial charge in [-0.25, -0.2) is 0 Å². The summed E-state index contributed by atoms with van der Waals surface area (Å²) in [6.45, 7) is 5.24. The van der Waals surface area contributed by atoms with Gasteiger partial charge < -0.3 is 15.0 Å². The molecule has 0 aromatic heterocycles. The van der Waals surface area contributed by atoms with Crippen LogP contribution in [-0.2, 0) is 4.74 Å². The molecule has 3 rings (SSSR count). The summed E-state index contributed by atoms with van der Waals surface area (Å²) >= 11 is 0. The van der Waals surface area contributed by atoms with E-state index in [1.165, 1.54) is 30.8 Å². The maximum Gasteiger partial charge on any atom is 0.0602 e. The van der Waals surface area contributed by atoms with Crippen LogP contribution in [0.15, 0.2) is 24.3 Å². The molecule has 3 nitrogen and oxygen atoms in total.